The van der Waals surface area contributed by atoms with E-state index in [1.807, 2.05) is 0 Å². The molecule has 1 amide bonds. The molecule has 22 heavy (non-hydrogen) atoms. The van der Waals surface area contributed by atoms with Gasteiger partial charge in [0.1, 0.15) is 18.0 Å². The van der Waals surface area contributed by atoms with Crippen LogP contribution in [0.15, 0.2) is 35.1 Å². The molecule has 0 fully saturated rings. The van der Waals surface area contributed by atoms with Crippen LogP contribution in [0.4, 0.5) is 11.4 Å². The van der Waals surface area contributed by atoms with Gasteiger partial charge in [-0.2, -0.15) is 5.10 Å². The quantitative estimate of drug-likeness (QED) is 0.623. The van der Waals surface area contributed by atoms with Crippen molar-refractivity contribution in [2.24, 2.45) is 0 Å². The first-order chi connectivity index (χ1) is 10.5. The predicted octanol–water partition coefficient (Wildman–Crippen LogP) is 2.59. The number of rotatable bonds is 6. The van der Waals surface area contributed by atoms with Crippen molar-refractivity contribution in [3.05, 3.63) is 45.2 Å². The number of nitro groups is 1. The Morgan fingerprint density at radius 1 is 1.55 bits per heavy atom. The molecule has 9 heteroatoms. The Morgan fingerprint density at radius 2 is 2.32 bits per heavy atom. The summed E-state index contributed by atoms with van der Waals surface area (Å²) in [4.78, 5) is 22.5. The highest BCUT2D eigenvalue weighted by molar-refractivity contribution is 9.10. The lowest BCUT2D eigenvalue weighted by Crippen LogP contribution is -2.19. The molecule has 0 saturated heterocycles. The van der Waals surface area contributed by atoms with Crippen molar-refractivity contribution in [1.82, 2.24) is 9.78 Å². The summed E-state index contributed by atoms with van der Waals surface area (Å²) >= 11 is 3.22. The minimum Gasteiger partial charge on any atom is -0.494 e. The lowest BCUT2D eigenvalue weighted by atomic mass is 10.2. The van der Waals surface area contributed by atoms with Gasteiger partial charge < -0.3 is 10.1 Å². The molecule has 0 bridgehead atoms. The highest BCUT2D eigenvalue weighted by Crippen LogP contribution is 2.29. The maximum absolute atomic E-state index is 11.9. The van der Waals surface area contributed by atoms with Crippen molar-refractivity contribution in [3.8, 4) is 5.75 Å². The van der Waals surface area contributed by atoms with E-state index in [1.165, 1.54) is 16.8 Å². The minimum absolute atomic E-state index is 0.0457. The summed E-state index contributed by atoms with van der Waals surface area (Å²) < 4.78 is 7.38. The summed E-state index contributed by atoms with van der Waals surface area (Å²) in [6.07, 6.45) is 3.18. The smallest absolute Gasteiger partial charge is 0.296 e. The van der Waals surface area contributed by atoms with Gasteiger partial charge in [0.2, 0.25) is 5.91 Å². The second-order valence-corrected chi connectivity index (χ2v) is 5.19. The number of nitro benzene ring substituents is 1. The van der Waals surface area contributed by atoms with Crippen LogP contribution in [-0.4, -0.2) is 27.2 Å². The highest BCUT2D eigenvalue weighted by Gasteiger charge is 2.17. The van der Waals surface area contributed by atoms with Gasteiger partial charge >= 0.3 is 0 Å². The highest BCUT2D eigenvalue weighted by atomic mass is 79.9. The van der Waals surface area contributed by atoms with Crippen molar-refractivity contribution >= 4 is 33.2 Å². The molecule has 1 aromatic carbocycles. The van der Waals surface area contributed by atoms with Crippen LogP contribution >= 0.6 is 15.9 Å². The zero-order chi connectivity index (χ0) is 16.1. The van der Waals surface area contributed by atoms with E-state index in [-0.39, 0.29) is 17.9 Å². The molecule has 2 rings (SSSR count). The number of hydrogen-bond donors (Lipinski definition) is 1. The van der Waals surface area contributed by atoms with Crippen molar-refractivity contribution < 1.29 is 14.5 Å². The third kappa shape index (κ3) is 4.04. The van der Waals surface area contributed by atoms with E-state index in [4.69, 9.17) is 4.74 Å². The molecule has 0 unspecified atom stereocenters. The molecule has 0 aliphatic rings. The van der Waals surface area contributed by atoms with Crippen LogP contribution in [0.1, 0.15) is 6.92 Å². The van der Waals surface area contributed by atoms with Crippen molar-refractivity contribution in [3.63, 3.8) is 0 Å². The van der Waals surface area contributed by atoms with E-state index >= 15 is 0 Å². The number of nitrogens with zero attached hydrogens (tertiary/aromatic N) is 3. The molecule has 0 atom stereocenters. The van der Waals surface area contributed by atoms with Crippen LogP contribution in [0, 0.1) is 10.1 Å². The van der Waals surface area contributed by atoms with Crippen LogP contribution in [-0.2, 0) is 11.3 Å². The van der Waals surface area contributed by atoms with Crippen molar-refractivity contribution in [2.75, 3.05) is 11.9 Å². The van der Waals surface area contributed by atoms with E-state index in [1.54, 1.807) is 25.4 Å². The Hall–Kier alpha value is -2.42. The predicted molar refractivity (Wildman–Crippen MR) is 82.8 cm³/mol. The summed E-state index contributed by atoms with van der Waals surface area (Å²) in [6.45, 7) is 2.14. The molecule has 8 nitrogen and oxygen atoms in total. The van der Waals surface area contributed by atoms with Crippen molar-refractivity contribution in [1.29, 1.82) is 0 Å². The van der Waals surface area contributed by atoms with Crippen molar-refractivity contribution in [2.45, 2.75) is 13.5 Å². The molecular weight excluding hydrogens is 356 g/mol. The van der Waals surface area contributed by atoms with E-state index in [0.29, 0.717) is 12.4 Å². The number of aromatic nitrogens is 2. The molecule has 0 radical (unpaired) electrons. The Bertz CT molecular complexity index is 701. The fourth-order valence-electron chi connectivity index (χ4n) is 1.79. The summed E-state index contributed by atoms with van der Waals surface area (Å²) in [5, 5.41) is 17.6. The average Bonchev–Trinajstić information content (AvgIpc) is 2.85. The molecule has 0 aliphatic carbocycles. The first-order valence-electron chi connectivity index (χ1n) is 6.38. The fraction of sp³-hybridized carbons (Fsp3) is 0.231. The Labute approximate surface area is 134 Å². The molecule has 0 saturated carbocycles. The standard InChI is InChI=1S/C13H13BrN4O4/c1-2-22-10-3-4-11(12(5-10)18(20)21)16-13(19)8-17-7-9(14)6-15-17/h3-7H,2,8H2,1H3,(H,16,19). The van der Waals surface area contributed by atoms with Gasteiger partial charge in [0.25, 0.3) is 5.69 Å². The van der Waals surface area contributed by atoms with Crippen LogP contribution in [0.3, 0.4) is 0 Å². The van der Waals surface area contributed by atoms with E-state index in [9.17, 15) is 14.9 Å². The topological polar surface area (TPSA) is 99.3 Å². The monoisotopic (exact) mass is 368 g/mol. The van der Waals surface area contributed by atoms with Crippen LogP contribution in [0.5, 0.6) is 5.75 Å². The third-order valence-electron chi connectivity index (χ3n) is 2.66. The molecule has 2 aromatic rings. The van der Waals surface area contributed by atoms with Gasteiger partial charge in [0.15, 0.2) is 0 Å². The number of ether oxygens (including phenoxy) is 1. The van der Waals surface area contributed by atoms with Gasteiger partial charge in [-0.1, -0.05) is 0 Å². The second kappa shape index (κ2) is 7.03. The van der Waals surface area contributed by atoms with Gasteiger partial charge in [-0.25, -0.2) is 0 Å². The SMILES string of the molecule is CCOc1ccc(NC(=O)Cn2cc(Br)cn2)c([N+](=O)[O-])c1. The summed E-state index contributed by atoms with van der Waals surface area (Å²) in [5.41, 5.74) is -0.106. The normalized spacial score (nSPS) is 10.3. The van der Waals surface area contributed by atoms with E-state index in [2.05, 4.69) is 26.3 Å². The number of benzene rings is 1. The first kappa shape index (κ1) is 16.0. The molecule has 1 aromatic heterocycles. The summed E-state index contributed by atoms with van der Waals surface area (Å²) in [5.74, 6) is -0.0361. The largest absolute Gasteiger partial charge is 0.494 e. The minimum atomic E-state index is -0.567. The zero-order valence-corrected chi connectivity index (χ0v) is 13.2. The molecule has 0 spiro atoms. The molecular formula is C13H13BrN4O4. The Balaban J connectivity index is 2.14. The fourth-order valence-corrected chi connectivity index (χ4v) is 2.11. The number of anilines is 1. The maximum Gasteiger partial charge on any atom is 0.296 e. The Morgan fingerprint density at radius 3 is 2.91 bits per heavy atom. The van der Waals surface area contributed by atoms with Gasteiger partial charge in [0.05, 0.1) is 28.3 Å². The lowest BCUT2D eigenvalue weighted by Gasteiger charge is -2.08. The van der Waals surface area contributed by atoms with Crippen LogP contribution in [0.2, 0.25) is 0 Å². The average molecular weight is 369 g/mol. The number of hydrogen-bond acceptors (Lipinski definition) is 5. The van der Waals surface area contributed by atoms with Gasteiger partial charge in [-0.3, -0.25) is 19.6 Å². The molecule has 1 heterocycles. The van der Waals surface area contributed by atoms with Crippen LogP contribution < -0.4 is 10.1 Å². The van der Waals surface area contributed by atoms with Crippen LogP contribution in [0.25, 0.3) is 0 Å². The third-order valence-corrected chi connectivity index (χ3v) is 3.07. The number of halogens is 1. The van der Waals surface area contributed by atoms with Gasteiger partial charge in [-0.05, 0) is 35.0 Å². The summed E-state index contributed by atoms with van der Waals surface area (Å²) in [6, 6.07) is 4.29. The van der Waals surface area contributed by atoms with E-state index < -0.39 is 10.8 Å². The zero-order valence-electron chi connectivity index (χ0n) is 11.7. The lowest BCUT2D eigenvalue weighted by molar-refractivity contribution is -0.384. The van der Waals surface area contributed by atoms with E-state index in [0.717, 1.165) is 4.47 Å². The maximum atomic E-state index is 11.9. The Kier molecular flexibility index (Phi) is 5.10. The molecule has 1 N–H and O–H groups in total. The number of nitrogens with one attached hydrogen (secondary N) is 1. The van der Waals surface area contributed by atoms with Gasteiger partial charge in [0, 0.05) is 6.20 Å². The number of amides is 1. The molecule has 0 aliphatic heterocycles. The first-order valence-corrected chi connectivity index (χ1v) is 7.18. The van der Waals surface area contributed by atoms with Gasteiger partial charge in [-0.15, -0.1) is 0 Å². The second-order valence-electron chi connectivity index (χ2n) is 4.27. The number of carbonyl (C=O) groups excluding carboxylic acids is 1. The molecule has 116 valence electrons. The summed E-state index contributed by atoms with van der Waals surface area (Å²) in [7, 11) is 0. The number of carbonyl (C=O) groups is 1.